The van der Waals surface area contributed by atoms with E-state index in [-0.39, 0.29) is 16.6 Å². The number of nitrogens with zero attached hydrogens (tertiary/aromatic N) is 2. The zero-order valence-electron chi connectivity index (χ0n) is 14.5. The first kappa shape index (κ1) is 18.5. The molecule has 3 aromatic rings. The second-order valence-electron chi connectivity index (χ2n) is 5.86. The van der Waals surface area contributed by atoms with Crippen LogP contribution in [0.15, 0.2) is 60.8 Å². The Morgan fingerprint density at radius 2 is 1.89 bits per heavy atom. The van der Waals surface area contributed by atoms with E-state index in [1.807, 2.05) is 30.5 Å². The first-order chi connectivity index (χ1) is 13.0. The van der Waals surface area contributed by atoms with Crippen molar-refractivity contribution in [3.05, 3.63) is 87.1 Å². The summed E-state index contributed by atoms with van der Waals surface area (Å²) in [6.07, 6.45) is 2.77. The largest absolute Gasteiger partial charge is 0.321 e. The van der Waals surface area contributed by atoms with Crippen molar-refractivity contribution in [3.63, 3.8) is 0 Å². The van der Waals surface area contributed by atoms with Gasteiger partial charge in [-0.1, -0.05) is 36.7 Å². The maximum absolute atomic E-state index is 12.4. The number of hydrogen-bond donors (Lipinski definition) is 1. The number of nitrogens with one attached hydrogen (secondary N) is 1. The maximum Gasteiger partial charge on any atom is 0.271 e. The molecule has 6 nitrogen and oxygen atoms in total. The van der Waals surface area contributed by atoms with E-state index in [1.165, 1.54) is 18.2 Å². The third-order valence-electron chi connectivity index (χ3n) is 4.09. The van der Waals surface area contributed by atoms with Gasteiger partial charge in [0.05, 0.1) is 21.3 Å². The summed E-state index contributed by atoms with van der Waals surface area (Å²) in [6, 6.07) is 14.9. The number of nitro groups is 1. The van der Waals surface area contributed by atoms with Crippen molar-refractivity contribution in [2.75, 3.05) is 5.32 Å². The predicted octanol–water partition coefficient (Wildman–Crippen LogP) is 5.12. The number of benzene rings is 2. The number of anilines is 1. The lowest BCUT2D eigenvalue weighted by atomic mass is 10.1. The van der Waals surface area contributed by atoms with Crippen molar-refractivity contribution in [2.24, 2.45) is 0 Å². The van der Waals surface area contributed by atoms with E-state index in [2.05, 4.69) is 17.2 Å². The van der Waals surface area contributed by atoms with Gasteiger partial charge in [-0.15, -0.1) is 0 Å². The summed E-state index contributed by atoms with van der Waals surface area (Å²) in [5.41, 5.74) is 3.52. The quantitative estimate of drug-likeness (QED) is 0.490. The molecule has 1 amide bonds. The van der Waals surface area contributed by atoms with Gasteiger partial charge in [-0.3, -0.25) is 19.9 Å². The normalized spacial score (nSPS) is 10.4. The first-order valence-corrected chi connectivity index (χ1v) is 8.66. The van der Waals surface area contributed by atoms with E-state index in [0.29, 0.717) is 11.3 Å². The third kappa shape index (κ3) is 4.30. The topological polar surface area (TPSA) is 85.1 Å². The van der Waals surface area contributed by atoms with Crippen LogP contribution in [0.5, 0.6) is 0 Å². The third-order valence-corrected chi connectivity index (χ3v) is 4.40. The summed E-state index contributed by atoms with van der Waals surface area (Å²) in [7, 11) is 0. The molecule has 0 aliphatic heterocycles. The molecule has 0 aliphatic carbocycles. The number of aromatic nitrogens is 1. The van der Waals surface area contributed by atoms with Crippen molar-refractivity contribution in [3.8, 4) is 11.3 Å². The summed E-state index contributed by atoms with van der Waals surface area (Å²) >= 11 is 6.01. The summed E-state index contributed by atoms with van der Waals surface area (Å²) < 4.78 is 0. The fourth-order valence-corrected chi connectivity index (χ4v) is 2.73. The molecule has 1 aromatic heterocycles. The average Bonchev–Trinajstić information content (AvgIpc) is 2.69. The van der Waals surface area contributed by atoms with E-state index in [4.69, 9.17) is 11.6 Å². The highest BCUT2D eigenvalue weighted by Gasteiger charge is 2.13. The minimum atomic E-state index is -0.544. The molecular weight excluding hydrogens is 366 g/mol. The summed E-state index contributed by atoms with van der Waals surface area (Å²) in [4.78, 5) is 27.0. The van der Waals surface area contributed by atoms with Crippen LogP contribution in [-0.4, -0.2) is 15.8 Å². The minimum absolute atomic E-state index is 0.106. The monoisotopic (exact) mass is 381 g/mol. The first-order valence-electron chi connectivity index (χ1n) is 8.28. The van der Waals surface area contributed by atoms with Crippen LogP contribution in [0.2, 0.25) is 5.02 Å². The van der Waals surface area contributed by atoms with Gasteiger partial charge in [0.1, 0.15) is 0 Å². The molecule has 0 bridgehead atoms. The smallest absolute Gasteiger partial charge is 0.271 e. The molecule has 2 aromatic carbocycles. The van der Waals surface area contributed by atoms with Crippen LogP contribution in [0, 0.1) is 10.1 Å². The Balaban J connectivity index is 1.74. The van der Waals surface area contributed by atoms with Gasteiger partial charge in [0.2, 0.25) is 0 Å². The zero-order valence-corrected chi connectivity index (χ0v) is 15.2. The van der Waals surface area contributed by atoms with Crippen molar-refractivity contribution >= 4 is 28.9 Å². The van der Waals surface area contributed by atoms with Gasteiger partial charge in [0.25, 0.3) is 11.6 Å². The Hall–Kier alpha value is -3.25. The molecular formula is C20H16ClN3O3. The Labute approximate surface area is 161 Å². The van der Waals surface area contributed by atoms with Gasteiger partial charge in [-0.05, 0) is 36.2 Å². The molecule has 0 radical (unpaired) electrons. The van der Waals surface area contributed by atoms with Crippen molar-refractivity contribution in [1.29, 1.82) is 0 Å². The molecule has 0 atom stereocenters. The average molecular weight is 382 g/mol. The summed E-state index contributed by atoms with van der Waals surface area (Å²) in [5, 5.41) is 13.5. The SMILES string of the molecule is CCc1ccc(-c2ccc(C(=O)Nc3ccc([N+](=O)[O-])cc3Cl)cc2)nc1. The number of aryl methyl sites for hydroxylation is 1. The van der Waals surface area contributed by atoms with Gasteiger partial charge in [-0.25, -0.2) is 0 Å². The second-order valence-corrected chi connectivity index (χ2v) is 6.27. The van der Waals surface area contributed by atoms with Gasteiger partial charge in [0, 0.05) is 29.5 Å². The molecule has 1 heterocycles. The van der Waals surface area contributed by atoms with Crippen LogP contribution in [0.4, 0.5) is 11.4 Å². The molecule has 27 heavy (non-hydrogen) atoms. The van der Waals surface area contributed by atoms with Crippen LogP contribution in [-0.2, 0) is 6.42 Å². The standard InChI is InChI=1S/C20H16ClN3O3/c1-2-13-3-9-18(22-12-13)14-4-6-15(7-5-14)20(25)23-19-10-8-16(24(26)27)11-17(19)21/h3-12H,2H2,1H3,(H,23,25). The molecule has 0 aliphatic rings. The number of halogens is 1. The number of pyridine rings is 1. The van der Waals surface area contributed by atoms with Crippen molar-refractivity contribution in [2.45, 2.75) is 13.3 Å². The Kier molecular flexibility index (Phi) is 5.47. The zero-order chi connectivity index (χ0) is 19.4. The summed E-state index contributed by atoms with van der Waals surface area (Å²) in [5.74, 6) is -0.355. The van der Waals surface area contributed by atoms with Gasteiger partial charge in [-0.2, -0.15) is 0 Å². The van der Waals surface area contributed by atoms with E-state index < -0.39 is 4.92 Å². The fraction of sp³-hybridized carbons (Fsp3) is 0.100. The Morgan fingerprint density at radius 3 is 2.44 bits per heavy atom. The van der Waals surface area contributed by atoms with Crippen LogP contribution < -0.4 is 5.32 Å². The predicted molar refractivity (Wildman–Crippen MR) is 105 cm³/mol. The van der Waals surface area contributed by atoms with E-state index in [0.717, 1.165) is 23.2 Å². The second kappa shape index (κ2) is 7.97. The van der Waals surface area contributed by atoms with Gasteiger partial charge in [0.15, 0.2) is 0 Å². The summed E-state index contributed by atoms with van der Waals surface area (Å²) in [6.45, 7) is 2.07. The minimum Gasteiger partial charge on any atom is -0.321 e. The molecule has 0 spiro atoms. The number of non-ortho nitro benzene ring substituents is 1. The van der Waals surface area contributed by atoms with Gasteiger partial charge >= 0.3 is 0 Å². The van der Waals surface area contributed by atoms with E-state index in [1.54, 1.807) is 12.1 Å². The van der Waals surface area contributed by atoms with E-state index in [9.17, 15) is 14.9 Å². The molecule has 0 saturated carbocycles. The Morgan fingerprint density at radius 1 is 1.15 bits per heavy atom. The molecule has 0 fully saturated rings. The maximum atomic E-state index is 12.4. The Bertz CT molecular complexity index is 986. The van der Waals surface area contributed by atoms with E-state index >= 15 is 0 Å². The number of amides is 1. The molecule has 1 N–H and O–H groups in total. The van der Waals surface area contributed by atoms with Crippen LogP contribution in [0.1, 0.15) is 22.8 Å². The van der Waals surface area contributed by atoms with Crippen LogP contribution >= 0.6 is 11.6 Å². The number of carbonyl (C=O) groups is 1. The fourth-order valence-electron chi connectivity index (χ4n) is 2.51. The number of rotatable bonds is 5. The molecule has 0 unspecified atom stereocenters. The number of nitro benzene ring substituents is 1. The molecule has 7 heteroatoms. The van der Waals surface area contributed by atoms with Crippen molar-refractivity contribution < 1.29 is 9.72 Å². The van der Waals surface area contributed by atoms with Crippen molar-refractivity contribution in [1.82, 2.24) is 4.98 Å². The lowest BCUT2D eigenvalue weighted by Crippen LogP contribution is -2.12. The van der Waals surface area contributed by atoms with Crippen LogP contribution in [0.3, 0.4) is 0 Å². The highest BCUT2D eigenvalue weighted by Crippen LogP contribution is 2.27. The molecule has 136 valence electrons. The number of hydrogen-bond acceptors (Lipinski definition) is 4. The number of carbonyl (C=O) groups excluding carboxylic acids is 1. The lowest BCUT2D eigenvalue weighted by molar-refractivity contribution is -0.384. The van der Waals surface area contributed by atoms with Crippen LogP contribution in [0.25, 0.3) is 11.3 Å². The van der Waals surface area contributed by atoms with Gasteiger partial charge < -0.3 is 5.32 Å². The molecule has 0 saturated heterocycles. The highest BCUT2D eigenvalue weighted by molar-refractivity contribution is 6.34. The lowest BCUT2D eigenvalue weighted by Gasteiger charge is -2.08. The highest BCUT2D eigenvalue weighted by atomic mass is 35.5. The molecule has 3 rings (SSSR count).